The lowest BCUT2D eigenvalue weighted by Gasteiger charge is -2.33. The van der Waals surface area contributed by atoms with E-state index >= 15 is 0 Å². The summed E-state index contributed by atoms with van der Waals surface area (Å²) in [6, 6.07) is 16.6. The molecule has 2 aromatic carbocycles. The van der Waals surface area contributed by atoms with Gasteiger partial charge < -0.3 is 15.2 Å². The van der Waals surface area contributed by atoms with E-state index in [0.29, 0.717) is 12.5 Å². The predicted molar refractivity (Wildman–Crippen MR) is 133 cm³/mol. The lowest BCUT2D eigenvalue weighted by atomic mass is 9.81. The van der Waals surface area contributed by atoms with E-state index in [9.17, 15) is 0 Å². The highest BCUT2D eigenvalue weighted by Crippen LogP contribution is 2.31. The van der Waals surface area contributed by atoms with Crippen LogP contribution in [0.25, 0.3) is 0 Å². The zero-order valence-corrected chi connectivity index (χ0v) is 20.3. The van der Waals surface area contributed by atoms with E-state index < -0.39 is 0 Å². The Kier molecular flexibility index (Phi) is 9.89. The van der Waals surface area contributed by atoms with Gasteiger partial charge in [-0.3, -0.25) is 4.90 Å². The first-order chi connectivity index (χ1) is 15.6. The number of benzene rings is 2. The molecule has 0 radical (unpaired) electrons. The number of nitrogens with zero attached hydrogens (tertiary/aromatic N) is 1. The van der Waals surface area contributed by atoms with E-state index in [1.54, 1.807) is 7.11 Å². The van der Waals surface area contributed by atoms with E-state index in [1.165, 1.54) is 44.2 Å². The Labute approximate surface area is 195 Å². The van der Waals surface area contributed by atoms with Gasteiger partial charge in [0, 0.05) is 19.6 Å². The van der Waals surface area contributed by atoms with E-state index in [-0.39, 0.29) is 0 Å². The van der Waals surface area contributed by atoms with Crippen LogP contribution >= 0.6 is 0 Å². The molecule has 1 unspecified atom stereocenters. The van der Waals surface area contributed by atoms with Gasteiger partial charge in [-0.15, -0.1) is 0 Å². The van der Waals surface area contributed by atoms with Crippen molar-refractivity contribution in [2.24, 2.45) is 23.5 Å². The molecule has 4 nitrogen and oxygen atoms in total. The second kappa shape index (κ2) is 12.9. The van der Waals surface area contributed by atoms with Gasteiger partial charge in [0.25, 0.3) is 0 Å². The zero-order chi connectivity index (χ0) is 22.8. The van der Waals surface area contributed by atoms with Crippen LogP contribution in [0.4, 0.5) is 0 Å². The van der Waals surface area contributed by atoms with E-state index in [2.05, 4.69) is 49.1 Å². The van der Waals surface area contributed by atoms with Gasteiger partial charge in [-0.25, -0.2) is 0 Å². The maximum absolute atomic E-state index is 6.05. The van der Waals surface area contributed by atoms with Crippen LogP contribution in [-0.2, 0) is 13.2 Å². The number of hydrogen-bond acceptors (Lipinski definition) is 4. The summed E-state index contributed by atoms with van der Waals surface area (Å²) in [6.45, 7) is 9.31. The van der Waals surface area contributed by atoms with Crippen molar-refractivity contribution in [3.05, 3.63) is 59.7 Å². The minimum atomic E-state index is 0.544. The second-order valence-corrected chi connectivity index (χ2v) is 9.59. The van der Waals surface area contributed by atoms with Crippen LogP contribution in [0, 0.1) is 17.8 Å². The van der Waals surface area contributed by atoms with Gasteiger partial charge in [0.2, 0.25) is 0 Å². The Morgan fingerprint density at radius 2 is 1.69 bits per heavy atom. The van der Waals surface area contributed by atoms with Gasteiger partial charge in [0.05, 0.1) is 7.11 Å². The van der Waals surface area contributed by atoms with Crippen molar-refractivity contribution in [2.45, 2.75) is 59.1 Å². The quantitative estimate of drug-likeness (QED) is 0.449. The van der Waals surface area contributed by atoms with Crippen molar-refractivity contribution >= 4 is 0 Å². The van der Waals surface area contributed by atoms with Crippen LogP contribution < -0.4 is 15.2 Å². The maximum Gasteiger partial charge on any atom is 0.161 e. The molecule has 176 valence electrons. The lowest BCUT2D eigenvalue weighted by Crippen LogP contribution is -2.35. The Bertz CT molecular complexity index is 787. The molecule has 2 N–H and O–H groups in total. The molecule has 4 heteroatoms. The average Bonchev–Trinajstić information content (AvgIpc) is 2.84. The summed E-state index contributed by atoms with van der Waals surface area (Å²) < 4.78 is 11.7. The number of methoxy groups -OCH3 is 1. The van der Waals surface area contributed by atoms with E-state index in [4.69, 9.17) is 15.2 Å². The Balaban J connectivity index is 1.63. The Hall–Kier alpha value is -2.04. The van der Waals surface area contributed by atoms with Crippen molar-refractivity contribution < 1.29 is 9.47 Å². The molecule has 1 aliphatic rings. The van der Waals surface area contributed by atoms with Crippen molar-refractivity contribution in [1.29, 1.82) is 0 Å². The molecule has 0 saturated heterocycles. The van der Waals surface area contributed by atoms with Gasteiger partial charge >= 0.3 is 0 Å². The monoisotopic (exact) mass is 438 g/mol. The van der Waals surface area contributed by atoms with Gasteiger partial charge in [-0.1, -0.05) is 56.7 Å². The number of hydrogen-bond donors (Lipinski definition) is 1. The average molecular weight is 439 g/mol. The topological polar surface area (TPSA) is 47.7 Å². The Morgan fingerprint density at radius 3 is 2.34 bits per heavy atom. The molecule has 0 aromatic heterocycles. The molecule has 0 bridgehead atoms. The third kappa shape index (κ3) is 7.53. The molecule has 0 aliphatic heterocycles. The molecule has 0 amide bonds. The highest BCUT2D eigenvalue weighted by atomic mass is 16.5. The first kappa shape index (κ1) is 24.6. The van der Waals surface area contributed by atoms with Crippen LogP contribution in [0.3, 0.4) is 0 Å². The minimum Gasteiger partial charge on any atom is -0.493 e. The highest BCUT2D eigenvalue weighted by Gasteiger charge is 2.23. The summed E-state index contributed by atoms with van der Waals surface area (Å²) in [7, 11) is 1.72. The van der Waals surface area contributed by atoms with E-state index in [1.807, 2.05) is 18.2 Å². The van der Waals surface area contributed by atoms with E-state index in [0.717, 1.165) is 48.5 Å². The molecule has 0 heterocycles. The molecule has 1 fully saturated rings. The molecule has 32 heavy (non-hydrogen) atoms. The number of rotatable bonds is 12. The van der Waals surface area contributed by atoms with Crippen molar-refractivity contribution in [3.63, 3.8) is 0 Å². The Morgan fingerprint density at radius 1 is 0.969 bits per heavy atom. The fourth-order valence-electron chi connectivity index (χ4n) is 4.71. The molecule has 3 rings (SSSR count). The van der Waals surface area contributed by atoms with Crippen LogP contribution in [0.1, 0.15) is 57.1 Å². The molecule has 2 aromatic rings. The fourth-order valence-corrected chi connectivity index (χ4v) is 4.71. The van der Waals surface area contributed by atoms with Crippen LogP contribution in [0.15, 0.2) is 48.5 Å². The van der Waals surface area contributed by atoms with Crippen LogP contribution in [0.2, 0.25) is 0 Å². The predicted octanol–water partition coefficient (Wildman–Crippen LogP) is 5.89. The third-order valence-corrected chi connectivity index (χ3v) is 6.95. The maximum atomic E-state index is 6.05. The van der Waals surface area contributed by atoms with Crippen LogP contribution in [0.5, 0.6) is 11.5 Å². The van der Waals surface area contributed by atoms with Crippen molar-refractivity contribution in [3.8, 4) is 11.5 Å². The SMILES string of the molecule is CCC(C)CN(Cc1ccc(OCc2ccccc2)c(OC)c1)CC1CCC(CN)CC1. The van der Waals surface area contributed by atoms with Gasteiger partial charge in [0.1, 0.15) is 6.61 Å². The smallest absolute Gasteiger partial charge is 0.161 e. The molecular formula is C28H42N2O2. The van der Waals surface area contributed by atoms with Gasteiger partial charge in [-0.05, 0) is 73.2 Å². The standard InChI is InChI=1S/C28H42N2O2/c1-4-22(2)18-30(19-24-12-10-23(17-29)11-13-24)20-26-14-15-27(28(16-26)31-3)32-21-25-8-6-5-7-9-25/h5-9,14-16,22-24H,4,10-13,17-21,29H2,1-3H3. The van der Waals surface area contributed by atoms with Gasteiger partial charge in [-0.2, -0.15) is 0 Å². The second-order valence-electron chi connectivity index (χ2n) is 9.59. The number of nitrogens with two attached hydrogens (primary N) is 1. The highest BCUT2D eigenvalue weighted by molar-refractivity contribution is 5.43. The molecule has 1 saturated carbocycles. The first-order valence-electron chi connectivity index (χ1n) is 12.4. The summed E-state index contributed by atoms with van der Waals surface area (Å²) in [5.41, 5.74) is 8.34. The van der Waals surface area contributed by atoms with Gasteiger partial charge in [0.15, 0.2) is 11.5 Å². The third-order valence-electron chi connectivity index (χ3n) is 6.95. The summed E-state index contributed by atoms with van der Waals surface area (Å²) in [4.78, 5) is 2.65. The lowest BCUT2D eigenvalue weighted by molar-refractivity contribution is 0.158. The fraction of sp³-hybridized carbons (Fsp3) is 0.571. The minimum absolute atomic E-state index is 0.544. The summed E-state index contributed by atoms with van der Waals surface area (Å²) in [5.74, 6) is 3.84. The normalized spacial score (nSPS) is 19.7. The zero-order valence-electron chi connectivity index (χ0n) is 20.3. The summed E-state index contributed by atoms with van der Waals surface area (Å²) in [6.07, 6.45) is 6.42. The molecular weight excluding hydrogens is 396 g/mol. The largest absolute Gasteiger partial charge is 0.493 e. The first-order valence-corrected chi connectivity index (χ1v) is 12.4. The van der Waals surface area contributed by atoms with Crippen molar-refractivity contribution in [1.82, 2.24) is 4.90 Å². The van der Waals surface area contributed by atoms with Crippen LogP contribution in [-0.4, -0.2) is 31.6 Å². The summed E-state index contributed by atoms with van der Waals surface area (Å²) in [5, 5.41) is 0. The summed E-state index contributed by atoms with van der Waals surface area (Å²) >= 11 is 0. The van der Waals surface area contributed by atoms with Crippen molar-refractivity contribution in [2.75, 3.05) is 26.7 Å². The molecule has 0 spiro atoms. The number of ether oxygens (including phenoxy) is 2. The molecule has 1 aliphatic carbocycles. The molecule has 1 atom stereocenters.